The van der Waals surface area contributed by atoms with E-state index in [9.17, 15) is 4.79 Å². The summed E-state index contributed by atoms with van der Waals surface area (Å²) < 4.78 is 12.3. The van der Waals surface area contributed by atoms with Gasteiger partial charge >= 0.3 is 0 Å². The van der Waals surface area contributed by atoms with E-state index >= 15 is 0 Å². The first-order valence-electron chi connectivity index (χ1n) is 7.02. The second-order valence-electron chi connectivity index (χ2n) is 5.15. The maximum Gasteiger partial charge on any atom is 0.267 e. The van der Waals surface area contributed by atoms with Gasteiger partial charge in [-0.05, 0) is 23.8 Å². The van der Waals surface area contributed by atoms with Crippen LogP contribution in [0.3, 0.4) is 0 Å². The number of hydrogen-bond donors (Lipinski definition) is 0. The standard InChI is InChI=1S/C17H16BrNO3/c1-19(10-12-6-2-3-7-13(12)18)17(20)16-11-21-14-8-4-5-9-15(14)22-16/h2-9,16H,10-11H2,1H3. The van der Waals surface area contributed by atoms with Crippen LogP contribution < -0.4 is 9.47 Å². The molecule has 0 spiro atoms. The maximum absolute atomic E-state index is 12.5. The summed E-state index contributed by atoms with van der Waals surface area (Å²) in [7, 11) is 1.77. The van der Waals surface area contributed by atoms with E-state index in [1.807, 2.05) is 48.5 Å². The predicted molar refractivity (Wildman–Crippen MR) is 87.0 cm³/mol. The maximum atomic E-state index is 12.5. The molecule has 5 heteroatoms. The molecule has 1 amide bonds. The summed E-state index contributed by atoms with van der Waals surface area (Å²) in [5.74, 6) is 1.20. The molecule has 1 aliphatic rings. The van der Waals surface area contributed by atoms with Crippen LogP contribution in [0.1, 0.15) is 5.56 Å². The number of halogens is 1. The van der Waals surface area contributed by atoms with Gasteiger partial charge in [0.05, 0.1) is 0 Å². The summed E-state index contributed by atoms with van der Waals surface area (Å²) in [6, 6.07) is 15.2. The van der Waals surface area contributed by atoms with Gasteiger partial charge in [0.25, 0.3) is 5.91 Å². The molecule has 0 bridgehead atoms. The number of carbonyl (C=O) groups excluding carboxylic acids is 1. The van der Waals surface area contributed by atoms with Crippen LogP contribution in [0.2, 0.25) is 0 Å². The number of carbonyl (C=O) groups is 1. The van der Waals surface area contributed by atoms with Crippen molar-refractivity contribution in [3.05, 3.63) is 58.6 Å². The summed E-state index contributed by atoms with van der Waals surface area (Å²) in [5.41, 5.74) is 1.05. The van der Waals surface area contributed by atoms with Gasteiger partial charge in [0.1, 0.15) is 6.61 Å². The number of para-hydroxylation sites is 2. The molecule has 1 heterocycles. The first-order valence-corrected chi connectivity index (χ1v) is 7.81. The average Bonchev–Trinajstić information content (AvgIpc) is 2.55. The van der Waals surface area contributed by atoms with E-state index in [4.69, 9.17) is 9.47 Å². The van der Waals surface area contributed by atoms with Gasteiger partial charge in [-0.2, -0.15) is 0 Å². The SMILES string of the molecule is CN(Cc1ccccc1Br)C(=O)C1COc2ccccc2O1. The molecule has 2 aromatic carbocycles. The third-order valence-corrected chi connectivity index (χ3v) is 4.30. The molecule has 22 heavy (non-hydrogen) atoms. The zero-order valence-electron chi connectivity index (χ0n) is 12.2. The molecule has 114 valence electrons. The van der Waals surface area contributed by atoms with Crippen molar-refractivity contribution in [3.8, 4) is 11.5 Å². The lowest BCUT2D eigenvalue weighted by molar-refractivity contribution is -0.140. The van der Waals surface area contributed by atoms with Crippen LogP contribution >= 0.6 is 15.9 Å². The fourth-order valence-corrected chi connectivity index (χ4v) is 2.76. The molecule has 4 nitrogen and oxygen atoms in total. The van der Waals surface area contributed by atoms with E-state index < -0.39 is 6.10 Å². The lowest BCUT2D eigenvalue weighted by Gasteiger charge is -2.29. The number of fused-ring (bicyclic) bond motifs is 1. The minimum absolute atomic E-state index is 0.0924. The normalized spacial score (nSPS) is 16.2. The zero-order chi connectivity index (χ0) is 15.5. The molecule has 0 N–H and O–H groups in total. The minimum atomic E-state index is -0.609. The highest BCUT2D eigenvalue weighted by atomic mass is 79.9. The Hall–Kier alpha value is -2.01. The highest BCUT2D eigenvalue weighted by Crippen LogP contribution is 2.31. The van der Waals surface area contributed by atoms with Crippen LogP contribution in [0, 0.1) is 0 Å². The summed E-state index contributed by atoms with van der Waals surface area (Å²) in [4.78, 5) is 14.2. The van der Waals surface area contributed by atoms with Gasteiger partial charge in [-0.3, -0.25) is 4.79 Å². The van der Waals surface area contributed by atoms with Crippen molar-refractivity contribution in [2.45, 2.75) is 12.6 Å². The molecule has 3 rings (SSSR count). The molecular formula is C17H16BrNO3. The van der Waals surface area contributed by atoms with Crippen molar-refractivity contribution < 1.29 is 14.3 Å². The first-order chi connectivity index (χ1) is 10.6. The van der Waals surface area contributed by atoms with Crippen LogP contribution in [0.25, 0.3) is 0 Å². The lowest BCUT2D eigenvalue weighted by Crippen LogP contribution is -2.44. The predicted octanol–water partition coefficient (Wildman–Crippen LogP) is 3.25. The third-order valence-electron chi connectivity index (χ3n) is 3.53. The van der Waals surface area contributed by atoms with E-state index in [-0.39, 0.29) is 12.5 Å². The van der Waals surface area contributed by atoms with E-state index in [1.54, 1.807) is 11.9 Å². The molecule has 1 atom stereocenters. The van der Waals surface area contributed by atoms with E-state index in [0.29, 0.717) is 18.0 Å². The Morgan fingerprint density at radius 3 is 2.64 bits per heavy atom. The fraction of sp³-hybridized carbons (Fsp3) is 0.235. The Kier molecular flexibility index (Phi) is 4.34. The van der Waals surface area contributed by atoms with Crippen molar-refractivity contribution >= 4 is 21.8 Å². The quantitative estimate of drug-likeness (QED) is 0.842. The van der Waals surface area contributed by atoms with Gasteiger partial charge in [-0.1, -0.05) is 46.3 Å². The Labute approximate surface area is 137 Å². The molecule has 1 aliphatic heterocycles. The molecule has 0 radical (unpaired) electrons. The Bertz CT molecular complexity index is 689. The summed E-state index contributed by atoms with van der Waals surface area (Å²) in [6.07, 6.45) is -0.609. The monoisotopic (exact) mass is 361 g/mol. The summed E-state index contributed by atoms with van der Waals surface area (Å²) in [5, 5.41) is 0. The van der Waals surface area contributed by atoms with Crippen LogP contribution in [0.15, 0.2) is 53.0 Å². The second kappa shape index (κ2) is 6.40. The lowest BCUT2D eigenvalue weighted by atomic mass is 10.2. The molecule has 0 saturated heterocycles. The number of likely N-dealkylation sites (N-methyl/N-ethyl adjacent to an activating group) is 1. The summed E-state index contributed by atoms with van der Waals surface area (Å²) in [6.45, 7) is 0.748. The van der Waals surface area contributed by atoms with Gasteiger partial charge in [-0.15, -0.1) is 0 Å². The second-order valence-corrected chi connectivity index (χ2v) is 6.00. The molecular weight excluding hydrogens is 346 g/mol. The van der Waals surface area contributed by atoms with Gasteiger partial charge in [0.15, 0.2) is 11.5 Å². The Morgan fingerprint density at radius 1 is 1.18 bits per heavy atom. The van der Waals surface area contributed by atoms with Crippen molar-refractivity contribution in [3.63, 3.8) is 0 Å². The highest BCUT2D eigenvalue weighted by molar-refractivity contribution is 9.10. The zero-order valence-corrected chi connectivity index (χ0v) is 13.7. The number of benzene rings is 2. The molecule has 0 fully saturated rings. The smallest absolute Gasteiger partial charge is 0.267 e. The van der Waals surface area contributed by atoms with E-state index in [1.165, 1.54) is 0 Å². The fourth-order valence-electron chi connectivity index (χ4n) is 2.35. The van der Waals surface area contributed by atoms with E-state index in [0.717, 1.165) is 10.0 Å². The molecule has 1 unspecified atom stereocenters. The number of rotatable bonds is 3. The Morgan fingerprint density at radius 2 is 1.86 bits per heavy atom. The first kappa shape index (κ1) is 14.9. The largest absolute Gasteiger partial charge is 0.485 e. The van der Waals surface area contributed by atoms with Crippen molar-refractivity contribution in [2.75, 3.05) is 13.7 Å². The van der Waals surface area contributed by atoms with Gasteiger partial charge in [0, 0.05) is 18.1 Å². The van der Waals surface area contributed by atoms with Crippen LogP contribution in [0.5, 0.6) is 11.5 Å². The number of ether oxygens (including phenoxy) is 2. The van der Waals surface area contributed by atoms with Crippen molar-refractivity contribution in [1.29, 1.82) is 0 Å². The Balaban J connectivity index is 1.68. The van der Waals surface area contributed by atoms with Crippen LogP contribution in [-0.4, -0.2) is 30.6 Å². The molecule has 2 aromatic rings. The summed E-state index contributed by atoms with van der Waals surface area (Å²) >= 11 is 3.50. The van der Waals surface area contributed by atoms with Crippen molar-refractivity contribution in [1.82, 2.24) is 4.90 Å². The molecule has 0 saturated carbocycles. The van der Waals surface area contributed by atoms with Crippen molar-refractivity contribution in [2.24, 2.45) is 0 Å². The number of hydrogen-bond acceptors (Lipinski definition) is 3. The van der Waals surface area contributed by atoms with E-state index in [2.05, 4.69) is 15.9 Å². The minimum Gasteiger partial charge on any atom is -0.485 e. The number of amides is 1. The van der Waals surface area contributed by atoms with Gasteiger partial charge in [0.2, 0.25) is 6.10 Å². The number of nitrogens with zero attached hydrogens (tertiary/aromatic N) is 1. The highest BCUT2D eigenvalue weighted by Gasteiger charge is 2.29. The average molecular weight is 362 g/mol. The molecule has 0 aromatic heterocycles. The van der Waals surface area contributed by atoms with Gasteiger partial charge < -0.3 is 14.4 Å². The van der Waals surface area contributed by atoms with Crippen LogP contribution in [-0.2, 0) is 11.3 Å². The molecule has 0 aliphatic carbocycles. The van der Waals surface area contributed by atoms with Gasteiger partial charge in [-0.25, -0.2) is 0 Å². The van der Waals surface area contributed by atoms with Crippen LogP contribution in [0.4, 0.5) is 0 Å². The topological polar surface area (TPSA) is 38.8 Å². The third kappa shape index (κ3) is 3.09.